The van der Waals surface area contributed by atoms with Crippen LogP contribution >= 0.6 is 0 Å². The van der Waals surface area contributed by atoms with Crippen LogP contribution in [0.3, 0.4) is 0 Å². The summed E-state index contributed by atoms with van der Waals surface area (Å²) < 4.78 is 5.18. The number of hydrogen-bond donors (Lipinski definition) is 4. The van der Waals surface area contributed by atoms with Gasteiger partial charge in [-0.05, 0) is 51.0 Å². The number of carbonyl (C=O) groups excluding carboxylic acids is 4. The molecular weight excluding hydrogens is 460 g/mol. The van der Waals surface area contributed by atoms with E-state index in [2.05, 4.69) is 21.3 Å². The van der Waals surface area contributed by atoms with Crippen LogP contribution in [0.4, 0.5) is 4.79 Å². The molecule has 0 heterocycles. The Balaban J connectivity index is 2.28. The average molecular weight is 493 g/mol. The Morgan fingerprint density at radius 2 is 1.25 bits per heavy atom. The second-order valence-corrected chi connectivity index (χ2v) is 8.83. The molecule has 0 spiro atoms. The molecule has 0 saturated heterocycles. The van der Waals surface area contributed by atoms with Crippen molar-refractivity contribution in [1.82, 2.24) is 21.3 Å². The highest BCUT2D eigenvalue weighted by Gasteiger charge is 2.24. The van der Waals surface area contributed by atoms with Crippen LogP contribution in [-0.2, 0) is 19.1 Å². The molecule has 2 aromatic carbocycles. The summed E-state index contributed by atoms with van der Waals surface area (Å²) in [5, 5.41) is 10.0. The molecular formula is C27H32N4O5. The van der Waals surface area contributed by atoms with Crippen LogP contribution in [-0.4, -0.2) is 42.5 Å². The first kappa shape index (κ1) is 27.8. The van der Waals surface area contributed by atoms with Gasteiger partial charge in [-0.2, -0.15) is 0 Å². The topological polar surface area (TPSA) is 126 Å². The third kappa shape index (κ3) is 9.46. The number of likely N-dealkylation sites (N-methyl/N-ethyl adjacent to an activating group) is 1. The van der Waals surface area contributed by atoms with Gasteiger partial charge in [0.1, 0.15) is 23.0 Å². The zero-order valence-corrected chi connectivity index (χ0v) is 21.0. The Hall–Kier alpha value is -4.40. The van der Waals surface area contributed by atoms with Crippen LogP contribution in [0.5, 0.6) is 0 Å². The van der Waals surface area contributed by atoms with Gasteiger partial charge in [-0.3, -0.25) is 14.4 Å². The maximum Gasteiger partial charge on any atom is 0.408 e. The lowest BCUT2D eigenvalue weighted by Gasteiger charge is -2.22. The quantitative estimate of drug-likeness (QED) is 0.422. The summed E-state index contributed by atoms with van der Waals surface area (Å²) in [6.45, 7) is 6.57. The SMILES string of the molecule is CNC(=O)/C(=C\c1ccccc1)NC(=O)/C(=C/c1ccccc1)NC(=O)C(C)NC(=O)OC(C)(C)C. The molecule has 2 rings (SSSR count). The molecule has 1 atom stereocenters. The fraction of sp³-hybridized carbons (Fsp3) is 0.259. The Kier molecular flexibility index (Phi) is 9.97. The molecule has 0 aliphatic rings. The Labute approximate surface area is 211 Å². The van der Waals surface area contributed by atoms with Crippen molar-refractivity contribution in [1.29, 1.82) is 0 Å². The molecule has 2 aromatic rings. The van der Waals surface area contributed by atoms with Gasteiger partial charge in [0.2, 0.25) is 5.91 Å². The Morgan fingerprint density at radius 3 is 1.69 bits per heavy atom. The lowest BCUT2D eigenvalue weighted by Crippen LogP contribution is -2.48. The number of nitrogens with one attached hydrogen (secondary N) is 4. The van der Waals surface area contributed by atoms with Gasteiger partial charge in [0.15, 0.2) is 0 Å². The van der Waals surface area contributed by atoms with Crippen molar-refractivity contribution in [2.75, 3.05) is 7.05 Å². The minimum absolute atomic E-state index is 0.0122. The van der Waals surface area contributed by atoms with Gasteiger partial charge < -0.3 is 26.0 Å². The van der Waals surface area contributed by atoms with E-state index in [9.17, 15) is 19.2 Å². The van der Waals surface area contributed by atoms with Gasteiger partial charge in [-0.25, -0.2) is 4.79 Å². The van der Waals surface area contributed by atoms with Gasteiger partial charge in [0.05, 0.1) is 0 Å². The van der Waals surface area contributed by atoms with Crippen molar-refractivity contribution < 1.29 is 23.9 Å². The third-order valence-electron chi connectivity index (χ3n) is 4.57. The number of benzene rings is 2. The van der Waals surface area contributed by atoms with Crippen LogP contribution in [0.1, 0.15) is 38.8 Å². The molecule has 0 bridgehead atoms. The number of hydrogen-bond acceptors (Lipinski definition) is 5. The van der Waals surface area contributed by atoms with Crippen LogP contribution in [0.25, 0.3) is 12.2 Å². The number of amides is 4. The van der Waals surface area contributed by atoms with Gasteiger partial charge in [-0.1, -0.05) is 60.7 Å². The van der Waals surface area contributed by atoms with Gasteiger partial charge >= 0.3 is 6.09 Å². The van der Waals surface area contributed by atoms with Gasteiger partial charge in [-0.15, -0.1) is 0 Å². The van der Waals surface area contributed by atoms with E-state index in [0.717, 1.165) is 0 Å². The third-order valence-corrected chi connectivity index (χ3v) is 4.57. The summed E-state index contributed by atoms with van der Waals surface area (Å²) in [4.78, 5) is 50.5. The van der Waals surface area contributed by atoms with E-state index in [1.54, 1.807) is 69.3 Å². The normalized spacial score (nSPS) is 12.7. The fourth-order valence-corrected chi connectivity index (χ4v) is 2.86. The largest absolute Gasteiger partial charge is 0.444 e. The summed E-state index contributed by atoms with van der Waals surface area (Å²) in [7, 11) is 1.44. The highest BCUT2D eigenvalue weighted by molar-refractivity contribution is 6.08. The average Bonchev–Trinajstić information content (AvgIpc) is 2.82. The summed E-state index contributed by atoms with van der Waals surface area (Å²) >= 11 is 0. The molecule has 0 radical (unpaired) electrons. The molecule has 1 unspecified atom stereocenters. The van der Waals surface area contributed by atoms with E-state index in [4.69, 9.17) is 4.74 Å². The minimum Gasteiger partial charge on any atom is -0.444 e. The van der Waals surface area contributed by atoms with Crippen molar-refractivity contribution in [3.63, 3.8) is 0 Å². The second kappa shape index (κ2) is 12.9. The predicted molar refractivity (Wildman–Crippen MR) is 138 cm³/mol. The van der Waals surface area contributed by atoms with E-state index in [1.807, 2.05) is 12.1 Å². The van der Waals surface area contributed by atoms with Crippen molar-refractivity contribution in [3.8, 4) is 0 Å². The molecule has 4 amide bonds. The number of rotatable bonds is 8. The van der Waals surface area contributed by atoms with Crippen molar-refractivity contribution in [2.45, 2.75) is 39.3 Å². The predicted octanol–water partition coefficient (Wildman–Crippen LogP) is 2.96. The van der Waals surface area contributed by atoms with Crippen LogP contribution in [0, 0.1) is 0 Å². The summed E-state index contributed by atoms with van der Waals surface area (Å²) in [6, 6.07) is 16.9. The van der Waals surface area contributed by atoms with Crippen molar-refractivity contribution >= 4 is 36.0 Å². The number of ether oxygens (including phenoxy) is 1. The zero-order chi connectivity index (χ0) is 26.7. The van der Waals surface area contributed by atoms with E-state index in [1.165, 1.54) is 26.1 Å². The standard InChI is InChI=1S/C27H32N4O5/c1-18(29-26(35)36-27(2,3)4)23(32)30-22(17-20-14-10-7-11-15-20)25(34)31-21(24(33)28-5)16-19-12-8-6-9-13-19/h6-18H,1-5H3,(H,28,33)(H,29,35)(H,30,32)(H,31,34)/b21-16+,22-17-. The van der Waals surface area contributed by atoms with E-state index in [-0.39, 0.29) is 11.4 Å². The second-order valence-electron chi connectivity index (χ2n) is 8.83. The van der Waals surface area contributed by atoms with Crippen molar-refractivity contribution in [3.05, 3.63) is 83.2 Å². The molecule has 9 nitrogen and oxygen atoms in total. The monoisotopic (exact) mass is 492 g/mol. The first-order chi connectivity index (χ1) is 17.0. The Morgan fingerprint density at radius 1 is 0.778 bits per heavy atom. The lowest BCUT2D eigenvalue weighted by molar-refractivity contribution is -0.125. The van der Waals surface area contributed by atoms with Gasteiger partial charge in [0.25, 0.3) is 11.8 Å². The highest BCUT2D eigenvalue weighted by atomic mass is 16.6. The van der Waals surface area contributed by atoms with E-state index in [0.29, 0.717) is 11.1 Å². The highest BCUT2D eigenvalue weighted by Crippen LogP contribution is 2.10. The van der Waals surface area contributed by atoms with Crippen LogP contribution in [0.15, 0.2) is 72.1 Å². The number of carbonyl (C=O) groups is 4. The molecule has 0 saturated carbocycles. The van der Waals surface area contributed by atoms with Gasteiger partial charge in [0, 0.05) is 7.05 Å². The number of alkyl carbamates (subject to hydrolysis) is 1. The summed E-state index contributed by atoms with van der Waals surface area (Å²) in [5.74, 6) is -1.88. The minimum atomic E-state index is -1.01. The lowest BCUT2D eigenvalue weighted by atomic mass is 10.1. The summed E-state index contributed by atoms with van der Waals surface area (Å²) in [6.07, 6.45) is 2.22. The van der Waals surface area contributed by atoms with E-state index >= 15 is 0 Å². The maximum absolute atomic E-state index is 13.2. The molecule has 4 N–H and O–H groups in total. The van der Waals surface area contributed by atoms with Crippen LogP contribution in [0.2, 0.25) is 0 Å². The van der Waals surface area contributed by atoms with Crippen molar-refractivity contribution in [2.24, 2.45) is 0 Å². The fourth-order valence-electron chi connectivity index (χ4n) is 2.86. The molecule has 9 heteroatoms. The molecule has 0 aliphatic heterocycles. The van der Waals surface area contributed by atoms with Crippen LogP contribution < -0.4 is 21.3 Å². The molecule has 0 aliphatic carbocycles. The van der Waals surface area contributed by atoms with E-state index < -0.39 is 35.5 Å². The zero-order valence-electron chi connectivity index (χ0n) is 21.0. The summed E-state index contributed by atoms with van der Waals surface area (Å²) in [5.41, 5.74) is 0.474. The molecule has 36 heavy (non-hydrogen) atoms. The first-order valence-electron chi connectivity index (χ1n) is 11.4. The maximum atomic E-state index is 13.2. The first-order valence-corrected chi connectivity index (χ1v) is 11.4. The smallest absolute Gasteiger partial charge is 0.408 e. The molecule has 0 aromatic heterocycles. The molecule has 190 valence electrons. The Bertz CT molecular complexity index is 1140. The molecule has 0 fully saturated rings.